The second kappa shape index (κ2) is 10.6. The third kappa shape index (κ3) is 6.08. The van der Waals surface area contributed by atoms with Crippen molar-refractivity contribution in [3.63, 3.8) is 0 Å². The molecule has 196 valence electrons. The topological polar surface area (TPSA) is 118 Å². The number of nitrogens with zero attached hydrogens (tertiary/aromatic N) is 4. The Morgan fingerprint density at radius 1 is 1.00 bits per heavy atom. The number of ether oxygens (including phenoxy) is 1. The van der Waals surface area contributed by atoms with E-state index >= 15 is 0 Å². The largest absolute Gasteiger partial charge is 0.444 e. The molecule has 10 nitrogen and oxygen atoms in total. The van der Waals surface area contributed by atoms with E-state index in [2.05, 4.69) is 38.0 Å². The van der Waals surface area contributed by atoms with E-state index in [0.717, 1.165) is 81.4 Å². The average Bonchev–Trinajstić information content (AvgIpc) is 3.50. The van der Waals surface area contributed by atoms with Crippen LogP contribution in [-0.2, 0) is 4.74 Å². The fraction of sp³-hybridized carbons (Fsp3) is 0.692. The Kier molecular flexibility index (Phi) is 7.32. The summed E-state index contributed by atoms with van der Waals surface area (Å²) >= 11 is 0. The van der Waals surface area contributed by atoms with Gasteiger partial charge in [0.1, 0.15) is 5.60 Å². The SMILES string of the molecule is CC(C)(C)OC(=O)NC1CCC(Nc2nc(NC3CCNCC3)c3ncn(C4C=CCC4)c3n2)CC1. The van der Waals surface area contributed by atoms with Crippen LogP contribution in [0.5, 0.6) is 0 Å². The maximum absolute atomic E-state index is 12.1. The summed E-state index contributed by atoms with van der Waals surface area (Å²) in [5.41, 5.74) is 1.23. The zero-order valence-corrected chi connectivity index (χ0v) is 21.7. The highest BCUT2D eigenvalue weighted by Gasteiger charge is 2.26. The van der Waals surface area contributed by atoms with Crippen molar-refractivity contribution in [2.24, 2.45) is 0 Å². The van der Waals surface area contributed by atoms with Crippen molar-refractivity contribution >= 4 is 29.0 Å². The summed E-state index contributed by atoms with van der Waals surface area (Å²) in [5, 5.41) is 13.7. The first-order valence-electron chi connectivity index (χ1n) is 13.5. The maximum Gasteiger partial charge on any atom is 0.407 e. The van der Waals surface area contributed by atoms with Gasteiger partial charge in [0, 0.05) is 18.1 Å². The number of fused-ring (bicyclic) bond motifs is 1. The predicted molar refractivity (Wildman–Crippen MR) is 141 cm³/mol. The lowest BCUT2D eigenvalue weighted by Crippen LogP contribution is -2.42. The number of rotatable bonds is 6. The number of hydrogen-bond donors (Lipinski definition) is 4. The molecule has 5 rings (SSSR count). The molecule has 36 heavy (non-hydrogen) atoms. The first-order valence-corrected chi connectivity index (χ1v) is 13.5. The summed E-state index contributed by atoms with van der Waals surface area (Å²) in [4.78, 5) is 26.7. The Morgan fingerprint density at radius 3 is 2.42 bits per heavy atom. The van der Waals surface area contributed by atoms with Crippen LogP contribution in [0.4, 0.5) is 16.6 Å². The third-order valence-electron chi connectivity index (χ3n) is 7.23. The highest BCUT2D eigenvalue weighted by Crippen LogP contribution is 2.30. The molecule has 4 N–H and O–H groups in total. The second-order valence-electron chi connectivity index (χ2n) is 11.3. The summed E-state index contributed by atoms with van der Waals surface area (Å²) in [6, 6.07) is 1.06. The molecule has 0 radical (unpaired) electrons. The molecule has 1 saturated carbocycles. The maximum atomic E-state index is 12.1. The number of amides is 1. The molecule has 2 aliphatic carbocycles. The summed E-state index contributed by atoms with van der Waals surface area (Å²) in [6.45, 7) is 7.67. The molecular formula is C26H40N8O2. The minimum Gasteiger partial charge on any atom is -0.444 e. The molecule has 1 atom stereocenters. The van der Waals surface area contributed by atoms with Crippen molar-refractivity contribution in [1.82, 2.24) is 30.2 Å². The van der Waals surface area contributed by atoms with Gasteiger partial charge in [0.15, 0.2) is 17.0 Å². The quantitative estimate of drug-likeness (QED) is 0.441. The van der Waals surface area contributed by atoms with Crippen LogP contribution in [0.25, 0.3) is 11.2 Å². The smallest absolute Gasteiger partial charge is 0.407 e. The molecule has 1 amide bonds. The van der Waals surface area contributed by atoms with Gasteiger partial charge in [0.05, 0.1) is 12.4 Å². The van der Waals surface area contributed by atoms with E-state index in [4.69, 9.17) is 19.7 Å². The Bertz CT molecular complexity index is 1080. The molecule has 10 heteroatoms. The van der Waals surface area contributed by atoms with Gasteiger partial charge in [-0.05, 0) is 85.2 Å². The number of carbonyl (C=O) groups excluding carboxylic acids is 1. The third-order valence-corrected chi connectivity index (χ3v) is 7.23. The van der Waals surface area contributed by atoms with Gasteiger partial charge in [0.2, 0.25) is 5.95 Å². The summed E-state index contributed by atoms with van der Waals surface area (Å²) in [6.07, 6.45) is 14.0. The van der Waals surface area contributed by atoms with E-state index < -0.39 is 5.60 Å². The molecule has 2 aromatic heterocycles. The molecule has 0 spiro atoms. The van der Waals surface area contributed by atoms with Crippen LogP contribution in [0.2, 0.25) is 0 Å². The van der Waals surface area contributed by atoms with Crippen LogP contribution in [-0.4, -0.2) is 62.4 Å². The highest BCUT2D eigenvalue weighted by atomic mass is 16.6. The summed E-state index contributed by atoms with van der Waals surface area (Å²) in [5.74, 6) is 1.46. The Morgan fingerprint density at radius 2 is 1.72 bits per heavy atom. The van der Waals surface area contributed by atoms with Gasteiger partial charge in [-0.1, -0.05) is 12.2 Å². The molecule has 0 aromatic carbocycles. The second-order valence-corrected chi connectivity index (χ2v) is 11.3. The minimum atomic E-state index is -0.487. The van der Waals surface area contributed by atoms with Crippen LogP contribution >= 0.6 is 0 Å². The van der Waals surface area contributed by atoms with Crippen molar-refractivity contribution in [2.75, 3.05) is 23.7 Å². The Hall–Kier alpha value is -2.88. The first-order chi connectivity index (χ1) is 17.3. The van der Waals surface area contributed by atoms with Crippen LogP contribution in [0.1, 0.15) is 78.2 Å². The van der Waals surface area contributed by atoms with E-state index in [1.165, 1.54) is 0 Å². The molecule has 1 unspecified atom stereocenters. The number of aromatic nitrogens is 4. The number of hydrogen-bond acceptors (Lipinski definition) is 8. The van der Waals surface area contributed by atoms with Crippen LogP contribution in [0.15, 0.2) is 18.5 Å². The lowest BCUT2D eigenvalue weighted by Gasteiger charge is -2.30. The number of carbonyl (C=O) groups is 1. The Labute approximate surface area is 213 Å². The molecule has 1 saturated heterocycles. The standard InChI is InChI=1S/C26H40N8O2/c1-26(2,3)36-25(35)31-18-10-8-17(9-11-18)30-24-32-22(29-19-12-14-27-15-13-19)21-23(33-24)34(16-28-21)20-6-4-5-7-20/h4,6,16-20,27H,5,7-15H2,1-3H3,(H,31,35)(H2,29,30,32,33). The number of nitrogens with one attached hydrogen (secondary N) is 4. The van der Waals surface area contributed by atoms with Gasteiger partial charge in [-0.3, -0.25) is 0 Å². The van der Waals surface area contributed by atoms with Gasteiger partial charge in [0.25, 0.3) is 0 Å². The highest BCUT2D eigenvalue weighted by molar-refractivity contribution is 5.84. The number of alkyl carbamates (subject to hydrolysis) is 1. The summed E-state index contributed by atoms with van der Waals surface area (Å²) in [7, 11) is 0. The molecule has 3 heterocycles. The van der Waals surface area contributed by atoms with E-state index in [0.29, 0.717) is 18.0 Å². The summed E-state index contributed by atoms with van der Waals surface area (Å²) < 4.78 is 7.60. The van der Waals surface area contributed by atoms with E-state index in [-0.39, 0.29) is 18.2 Å². The lowest BCUT2D eigenvalue weighted by molar-refractivity contribution is 0.0492. The molecular weight excluding hydrogens is 456 g/mol. The zero-order valence-electron chi connectivity index (χ0n) is 21.7. The molecule has 1 aliphatic heterocycles. The monoisotopic (exact) mass is 496 g/mol. The normalized spacial score (nSPS) is 25.1. The van der Waals surface area contributed by atoms with Crippen molar-refractivity contribution in [1.29, 1.82) is 0 Å². The number of anilines is 2. The fourth-order valence-electron chi connectivity index (χ4n) is 5.37. The number of piperidine rings is 1. The number of imidazole rings is 1. The van der Waals surface area contributed by atoms with Gasteiger partial charge in [-0.15, -0.1) is 0 Å². The van der Waals surface area contributed by atoms with Crippen molar-refractivity contribution in [3.05, 3.63) is 18.5 Å². The van der Waals surface area contributed by atoms with Crippen LogP contribution in [0.3, 0.4) is 0 Å². The predicted octanol–water partition coefficient (Wildman–Crippen LogP) is 4.13. The zero-order chi connectivity index (χ0) is 25.1. The molecule has 2 fully saturated rings. The van der Waals surface area contributed by atoms with Gasteiger partial charge in [-0.25, -0.2) is 9.78 Å². The molecule has 3 aliphatic rings. The van der Waals surface area contributed by atoms with Crippen molar-refractivity contribution in [2.45, 2.75) is 102 Å². The molecule has 0 bridgehead atoms. The van der Waals surface area contributed by atoms with Crippen molar-refractivity contribution in [3.8, 4) is 0 Å². The molecule has 2 aromatic rings. The number of allylic oxidation sites excluding steroid dienone is 2. The fourth-order valence-corrected chi connectivity index (χ4v) is 5.37. The van der Waals surface area contributed by atoms with E-state index in [1.54, 1.807) is 0 Å². The lowest BCUT2D eigenvalue weighted by atomic mass is 9.91. The van der Waals surface area contributed by atoms with Gasteiger partial charge in [-0.2, -0.15) is 9.97 Å². The minimum absolute atomic E-state index is 0.133. The van der Waals surface area contributed by atoms with Crippen LogP contribution < -0.4 is 21.3 Å². The van der Waals surface area contributed by atoms with Crippen LogP contribution in [0, 0.1) is 0 Å². The van der Waals surface area contributed by atoms with Crippen molar-refractivity contribution < 1.29 is 9.53 Å². The first kappa shape index (κ1) is 24.8. The van der Waals surface area contributed by atoms with Gasteiger partial charge >= 0.3 is 6.09 Å². The van der Waals surface area contributed by atoms with E-state index in [9.17, 15) is 4.79 Å². The van der Waals surface area contributed by atoms with E-state index in [1.807, 2.05) is 27.1 Å². The van der Waals surface area contributed by atoms with Gasteiger partial charge < -0.3 is 30.6 Å². The average molecular weight is 497 g/mol. The Balaban J connectivity index is 1.29.